The lowest BCUT2D eigenvalue weighted by Gasteiger charge is -2.30. The summed E-state index contributed by atoms with van der Waals surface area (Å²) >= 11 is 0. The van der Waals surface area contributed by atoms with Gasteiger partial charge >= 0.3 is 0 Å². The summed E-state index contributed by atoms with van der Waals surface area (Å²) in [6.07, 6.45) is 1.76. The van der Waals surface area contributed by atoms with E-state index in [9.17, 15) is 4.39 Å². The molecule has 0 fully saturated rings. The van der Waals surface area contributed by atoms with E-state index in [-0.39, 0.29) is 6.17 Å². The predicted octanol–water partition coefficient (Wildman–Crippen LogP) is 6.46. The van der Waals surface area contributed by atoms with Crippen molar-refractivity contribution in [3.8, 4) is 0 Å². The minimum Gasteiger partial charge on any atom is -0.435 e. The number of aryl methyl sites for hydroxylation is 1. The van der Waals surface area contributed by atoms with Crippen molar-refractivity contribution < 1.29 is 8.81 Å². The van der Waals surface area contributed by atoms with Crippen molar-refractivity contribution in [1.29, 1.82) is 0 Å². The van der Waals surface area contributed by atoms with Gasteiger partial charge < -0.3 is 9.32 Å². The molecule has 0 N–H and O–H groups in total. The van der Waals surface area contributed by atoms with Crippen LogP contribution in [0.25, 0.3) is 22.1 Å². The first-order valence-electron chi connectivity index (χ1n) is 10.2. The molecule has 1 atom stereocenters. The molecule has 4 heterocycles. The van der Waals surface area contributed by atoms with Crippen molar-refractivity contribution in [2.45, 2.75) is 20.0 Å². The van der Waals surface area contributed by atoms with Crippen LogP contribution in [-0.4, -0.2) is 16.1 Å². The molecule has 3 aromatic heterocycles. The van der Waals surface area contributed by atoms with Gasteiger partial charge in [-0.2, -0.15) is 9.37 Å². The Bertz CT molecular complexity index is 1450. The van der Waals surface area contributed by atoms with Crippen LogP contribution >= 0.6 is 0 Å². The van der Waals surface area contributed by atoms with E-state index < -0.39 is 5.95 Å². The van der Waals surface area contributed by atoms with E-state index in [0.717, 1.165) is 39.2 Å². The van der Waals surface area contributed by atoms with Crippen LogP contribution in [0.1, 0.15) is 12.5 Å². The Morgan fingerprint density at radius 1 is 0.903 bits per heavy atom. The van der Waals surface area contributed by atoms with Gasteiger partial charge in [0.2, 0.25) is 11.7 Å². The highest BCUT2D eigenvalue weighted by atomic mass is 19.1. The number of para-hydroxylation sites is 1. The average molecular weight is 410 g/mol. The minimum atomic E-state index is -0.554. The molecule has 1 aliphatic rings. The van der Waals surface area contributed by atoms with E-state index in [2.05, 4.69) is 52.9 Å². The number of furan rings is 1. The molecular formula is C25H19FN4O. The highest BCUT2D eigenvalue weighted by molar-refractivity contribution is 6.10. The predicted molar refractivity (Wildman–Crippen MR) is 121 cm³/mol. The molecule has 0 bridgehead atoms. The SMILES string of the molecule is Cc1ccc2c(oc3nc(F)ccc32)c1N1c2ncccc2N(c2ccccc2)[C@@H]1C. The van der Waals surface area contributed by atoms with Crippen LogP contribution in [0.2, 0.25) is 0 Å². The van der Waals surface area contributed by atoms with Crippen LogP contribution < -0.4 is 9.80 Å². The van der Waals surface area contributed by atoms with Crippen molar-refractivity contribution in [2.75, 3.05) is 9.80 Å². The zero-order chi connectivity index (χ0) is 21.1. The van der Waals surface area contributed by atoms with Crippen molar-refractivity contribution in [3.05, 3.63) is 84.4 Å². The molecule has 6 rings (SSSR count). The van der Waals surface area contributed by atoms with E-state index in [1.807, 2.05) is 30.3 Å². The quantitative estimate of drug-likeness (QED) is 0.313. The number of pyridine rings is 2. The van der Waals surface area contributed by atoms with Gasteiger partial charge in [0, 0.05) is 22.7 Å². The summed E-state index contributed by atoms with van der Waals surface area (Å²) < 4.78 is 19.9. The summed E-state index contributed by atoms with van der Waals surface area (Å²) in [5, 5.41) is 1.71. The molecular weight excluding hydrogens is 391 g/mol. The fourth-order valence-corrected chi connectivity index (χ4v) is 4.57. The van der Waals surface area contributed by atoms with Crippen LogP contribution in [0.5, 0.6) is 0 Å². The zero-order valence-electron chi connectivity index (χ0n) is 17.1. The topological polar surface area (TPSA) is 45.4 Å². The number of nitrogens with zero attached hydrogens (tertiary/aromatic N) is 4. The Morgan fingerprint density at radius 3 is 2.55 bits per heavy atom. The third kappa shape index (κ3) is 2.54. The largest absolute Gasteiger partial charge is 0.435 e. The Kier molecular flexibility index (Phi) is 3.77. The van der Waals surface area contributed by atoms with Gasteiger partial charge in [0.15, 0.2) is 11.4 Å². The number of hydrogen-bond donors (Lipinski definition) is 0. The van der Waals surface area contributed by atoms with Gasteiger partial charge in [-0.05, 0) is 55.8 Å². The first-order chi connectivity index (χ1) is 15.1. The van der Waals surface area contributed by atoms with Crippen LogP contribution in [-0.2, 0) is 0 Å². The normalized spacial score (nSPS) is 15.8. The first-order valence-corrected chi connectivity index (χ1v) is 10.2. The van der Waals surface area contributed by atoms with E-state index in [1.54, 1.807) is 12.3 Å². The molecule has 0 saturated heterocycles. The van der Waals surface area contributed by atoms with Gasteiger partial charge in [-0.3, -0.25) is 4.90 Å². The Balaban J connectivity index is 1.62. The highest BCUT2D eigenvalue weighted by Gasteiger charge is 2.38. The molecule has 0 aliphatic carbocycles. The Morgan fingerprint density at radius 2 is 1.71 bits per heavy atom. The van der Waals surface area contributed by atoms with Crippen molar-refractivity contribution >= 4 is 44.9 Å². The number of halogens is 1. The zero-order valence-corrected chi connectivity index (χ0v) is 17.1. The van der Waals surface area contributed by atoms with Crippen molar-refractivity contribution in [1.82, 2.24) is 9.97 Å². The maximum atomic E-state index is 13.7. The molecule has 1 aliphatic heterocycles. The summed E-state index contributed by atoms with van der Waals surface area (Å²) in [5.41, 5.74) is 5.07. The highest BCUT2D eigenvalue weighted by Crippen LogP contribution is 2.49. The monoisotopic (exact) mass is 410 g/mol. The molecule has 31 heavy (non-hydrogen) atoms. The Hall–Kier alpha value is -3.93. The minimum absolute atomic E-state index is 0.0468. The smallest absolute Gasteiger partial charge is 0.230 e. The number of anilines is 4. The van der Waals surface area contributed by atoms with Crippen LogP contribution in [0, 0.1) is 12.9 Å². The van der Waals surface area contributed by atoms with E-state index in [1.165, 1.54) is 6.07 Å². The number of rotatable bonds is 2. The Labute approximate surface area is 178 Å². The van der Waals surface area contributed by atoms with Crippen LogP contribution in [0.3, 0.4) is 0 Å². The molecule has 5 nitrogen and oxygen atoms in total. The lowest BCUT2D eigenvalue weighted by Crippen LogP contribution is -2.35. The first kappa shape index (κ1) is 17.9. The number of benzene rings is 2. The van der Waals surface area contributed by atoms with E-state index in [4.69, 9.17) is 9.40 Å². The van der Waals surface area contributed by atoms with Gasteiger partial charge in [0.1, 0.15) is 6.17 Å². The van der Waals surface area contributed by atoms with E-state index in [0.29, 0.717) is 11.3 Å². The summed E-state index contributed by atoms with van der Waals surface area (Å²) in [7, 11) is 0. The number of fused-ring (bicyclic) bond motifs is 4. The standard InChI is InChI=1S/C25H19FN4O/c1-15-10-11-18-19-12-13-21(26)28-25(19)31-23(18)22(15)30-16(2)29(17-7-4-3-5-8-17)20-9-6-14-27-24(20)30/h3-14,16H,1-2H3/t16-/m0/s1. The fraction of sp³-hybridized carbons (Fsp3) is 0.120. The number of aromatic nitrogens is 2. The second-order valence-corrected chi connectivity index (χ2v) is 7.75. The van der Waals surface area contributed by atoms with Gasteiger partial charge in [0.05, 0.1) is 11.4 Å². The summed E-state index contributed by atoms with van der Waals surface area (Å²) in [6.45, 7) is 4.20. The second kappa shape index (κ2) is 6.54. The molecule has 0 spiro atoms. The lowest BCUT2D eigenvalue weighted by atomic mass is 10.1. The maximum absolute atomic E-state index is 13.7. The average Bonchev–Trinajstić information content (AvgIpc) is 3.28. The molecule has 6 heteroatoms. The molecule has 0 radical (unpaired) electrons. The summed E-state index contributed by atoms with van der Waals surface area (Å²) in [4.78, 5) is 13.1. The second-order valence-electron chi connectivity index (χ2n) is 7.75. The third-order valence-corrected chi connectivity index (χ3v) is 5.92. The third-order valence-electron chi connectivity index (χ3n) is 5.92. The summed E-state index contributed by atoms with van der Waals surface area (Å²) in [5.74, 6) is 0.302. The molecule has 2 aromatic carbocycles. The lowest BCUT2D eigenvalue weighted by molar-refractivity contribution is 0.569. The van der Waals surface area contributed by atoms with E-state index >= 15 is 0 Å². The van der Waals surface area contributed by atoms with Crippen LogP contribution in [0.4, 0.5) is 27.3 Å². The van der Waals surface area contributed by atoms with Crippen molar-refractivity contribution in [2.24, 2.45) is 0 Å². The molecule has 152 valence electrons. The van der Waals surface area contributed by atoms with Gasteiger partial charge in [-0.1, -0.05) is 30.3 Å². The van der Waals surface area contributed by atoms with Gasteiger partial charge in [0.25, 0.3) is 0 Å². The molecule has 0 unspecified atom stereocenters. The van der Waals surface area contributed by atoms with Crippen molar-refractivity contribution in [3.63, 3.8) is 0 Å². The summed E-state index contributed by atoms with van der Waals surface area (Å²) in [6, 6.07) is 21.5. The maximum Gasteiger partial charge on any atom is 0.230 e. The van der Waals surface area contributed by atoms with Crippen LogP contribution in [0.15, 0.2) is 77.3 Å². The van der Waals surface area contributed by atoms with Gasteiger partial charge in [-0.15, -0.1) is 0 Å². The van der Waals surface area contributed by atoms with Gasteiger partial charge in [-0.25, -0.2) is 4.98 Å². The fourth-order valence-electron chi connectivity index (χ4n) is 4.57. The molecule has 0 amide bonds. The molecule has 5 aromatic rings. The number of hydrogen-bond acceptors (Lipinski definition) is 5. The molecule has 0 saturated carbocycles.